The minimum absolute atomic E-state index is 0.0255. The molecule has 1 amide bonds. The normalized spacial score (nSPS) is 16.4. The lowest BCUT2D eigenvalue weighted by Gasteiger charge is -2.27. The Kier molecular flexibility index (Phi) is 4.91. The van der Waals surface area contributed by atoms with Gasteiger partial charge in [-0.15, -0.1) is 0 Å². The molecule has 1 aliphatic heterocycles. The molecule has 146 valence electrons. The molecule has 0 saturated carbocycles. The number of benzene rings is 2. The minimum Gasteiger partial charge on any atom is -0.503 e. The van der Waals surface area contributed by atoms with Gasteiger partial charge in [0.25, 0.3) is 5.91 Å². The fraction of sp³-hybridized carbons (Fsp3) is 0.130. The SMILES string of the molecule is CCOc1cccc(C2C(C(=O)c3ccco3)=C(O)C(=O)N2c2ccccc2)c1. The van der Waals surface area contributed by atoms with Crippen LogP contribution in [0.4, 0.5) is 5.69 Å². The predicted octanol–water partition coefficient (Wildman–Crippen LogP) is 4.46. The molecule has 0 spiro atoms. The van der Waals surface area contributed by atoms with Crippen LogP contribution in [0.5, 0.6) is 5.75 Å². The monoisotopic (exact) mass is 389 g/mol. The number of anilines is 1. The maximum atomic E-state index is 13.1. The van der Waals surface area contributed by atoms with Crippen molar-refractivity contribution in [1.82, 2.24) is 0 Å². The summed E-state index contributed by atoms with van der Waals surface area (Å²) < 4.78 is 10.8. The van der Waals surface area contributed by atoms with Gasteiger partial charge in [-0.2, -0.15) is 0 Å². The molecule has 1 atom stereocenters. The van der Waals surface area contributed by atoms with Crippen molar-refractivity contribution in [2.45, 2.75) is 13.0 Å². The van der Waals surface area contributed by atoms with Crippen molar-refractivity contribution in [1.29, 1.82) is 0 Å². The van der Waals surface area contributed by atoms with Crippen LogP contribution in [0.1, 0.15) is 29.1 Å². The average molecular weight is 389 g/mol. The summed E-state index contributed by atoms with van der Waals surface area (Å²) in [6, 6.07) is 18.4. The molecular weight excluding hydrogens is 370 g/mol. The highest BCUT2D eigenvalue weighted by atomic mass is 16.5. The van der Waals surface area contributed by atoms with Crippen molar-refractivity contribution in [2.75, 3.05) is 11.5 Å². The maximum Gasteiger partial charge on any atom is 0.294 e. The Balaban J connectivity index is 1.87. The summed E-state index contributed by atoms with van der Waals surface area (Å²) in [6.45, 7) is 2.36. The summed E-state index contributed by atoms with van der Waals surface area (Å²) in [5.41, 5.74) is 1.19. The number of hydrogen-bond donors (Lipinski definition) is 1. The number of ether oxygens (including phenoxy) is 1. The Morgan fingerprint density at radius 3 is 2.59 bits per heavy atom. The molecule has 3 aromatic rings. The van der Waals surface area contributed by atoms with Crippen molar-refractivity contribution in [3.05, 3.63) is 95.6 Å². The number of ketones is 1. The van der Waals surface area contributed by atoms with Crippen LogP contribution in [0.25, 0.3) is 0 Å². The molecule has 1 N–H and O–H groups in total. The van der Waals surface area contributed by atoms with Crippen LogP contribution < -0.4 is 9.64 Å². The fourth-order valence-electron chi connectivity index (χ4n) is 3.49. The van der Waals surface area contributed by atoms with Gasteiger partial charge in [0.2, 0.25) is 5.78 Å². The van der Waals surface area contributed by atoms with E-state index in [1.54, 1.807) is 54.6 Å². The minimum atomic E-state index is -0.817. The number of rotatable bonds is 6. The van der Waals surface area contributed by atoms with Gasteiger partial charge in [-0.3, -0.25) is 14.5 Å². The number of carbonyl (C=O) groups is 2. The first-order chi connectivity index (χ1) is 14.1. The number of Topliss-reactive ketones (excluding diaryl/α,β-unsaturated/α-hetero) is 1. The number of amides is 1. The molecule has 2 aromatic carbocycles. The van der Waals surface area contributed by atoms with Crippen LogP contribution in [0.15, 0.2) is 88.7 Å². The van der Waals surface area contributed by atoms with E-state index in [0.717, 1.165) is 0 Å². The second-order valence-electron chi connectivity index (χ2n) is 6.49. The van der Waals surface area contributed by atoms with Gasteiger partial charge < -0.3 is 14.3 Å². The molecule has 4 rings (SSSR count). The third kappa shape index (κ3) is 3.29. The second kappa shape index (κ2) is 7.67. The average Bonchev–Trinajstić information content (AvgIpc) is 3.36. The van der Waals surface area contributed by atoms with Crippen molar-refractivity contribution in [2.24, 2.45) is 0 Å². The van der Waals surface area contributed by atoms with E-state index in [4.69, 9.17) is 9.15 Å². The van der Waals surface area contributed by atoms with E-state index in [1.165, 1.54) is 17.2 Å². The van der Waals surface area contributed by atoms with Gasteiger partial charge in [-0.05, 0) is 48.9 Å². The molecule has 2 heterocycles. The van der Waals surface area contributed by atoms with Gasteiger partial charge in [-0.25, -0.2) is 0 Å². The molecular formula is C23H19NO5. The van der Waals surface area contributed by atoms with E-state index in [9.17, 15) is 14.7 Å². The highest BCUT2D eigenvalue weighted by molar-refractivity contribution is 6.20. The van der Waals surface area contributed by atoms with E-state index >= 15 is 0 Å². The molecule has 1 aliphatic rings. The van der Waals surface area contributed by atoms with Crippen LogP contribution in [-0.4, -0.2) is 23.4 Å². The largest absolute Gasteiger partial charge is 0.503 e. The lowest BCUT2D eigenvalue weighted by Crippen LogP contribution is -2.31. The van der Waals surface area contributed by atoms with Crippen LogP contribution in [0.2, 0.25) is 0 Å². The Morgan fingerprint density at radius 1 is 1.10 bits per heavy atom. The van der Waals surface area contributed by atoms with Gasteiger partial charge >= 0.3 is 0 Å². The van der Waals surface area contributed by atoms with Crippen LogP contribution in [0, 0.1) is 0 Å². The zero-order chi connectivity index (χ0) is 20.4. The lowest BCUT2D eigenvalue weighted by molar-refractivity contribution is -0.117. The van der Waals surface area contributed by atoms with E-state index < -0.39 is 23.5 Å². The first-order valence-electron chi connectivity index (χ1n) is 9.24. The number of para-hydroxylation sites is 1. The second-order valence-corrected chi connectivity index (χ2v) is 6.49. The summed E-state index contributed by atoms with van der Waals surface area (Å²) in [4.78, 5) is 27.5. The Morgan fingerprint density at radius 2 is 1.90 bits per heavy atom. The third-order valence-corrected chi connectivity index (χ3v) is 4.72. The van der Waals surface area contributed by atoms with Gasteiger partial charge in [0, 0.05) is 5.69 Å². The molecule has 29 heavy (non-hydrogen) atoms. The van der Waals surface area contributed by atoms with Crippen LogP contribution in [-0.2, 0) is 4.79 Å². The number of nitrogens with zero attached hydrogens (tertiary/aromatic N) is 1. The summed E-state index contributed by atoms with van der Waals surface area (Å²) >= 11 is 0. The maximum absolute atomic E-state index is 13.1. The highest BCUT2D eigenvalue weighted by Gasteiger charge is 2.45. The lowest BCUT2D eigenvalue weighted by atomic mass is 9.94. The van der Waals surface area contributed by atoms with Gasteiger partial charge in [0.05, 0.1) is 24.5 Å². The van der Waals surface area contributed by atoms with Crippen molar-refractivity contribution in [3.8, 4) is 5.75 Å². The first kappa shape index (κ1) is 18.6. The van der Waals surface area contributed by atoms with Crippen molar-refractivity contribution < 1.29 is 23.8 Å². The van der Waals surface area contributed by atoms with E-state index in [2.05, 4.69) is 0 Å². The molecule has 0 fully saturated rings. The Bertz CT molecular complexity index is 1070. The fourth-order valence-corrected chi connectivity index (χ4v) is 3.49. The van der Waals surface area contributed by atoms with E-state index in [0.29, 0.717) is 23.6 Å². The summed E-state index contributed by atoms with van der Waals surface area (Å²) in [5, 5.41) is 10.7. The topological polar surface area (TPSA) is 80.0 Å². The van der Waals surface area contributed by atoms with E-state index in [-0.39, 0.29) is 11.3 Å². The van der Waals surface area contributed by atoms with Crippen LogP contribution in [0.3, 0.4) is 0 Å². The van der Waals surface area contributed by atoms with Gasteiger partial charge in [0.1, 0.15) is 5.75 Å². The summed E-state index contributed by atoms with van der Waals surface area (Å²) in [7, 11) is 0. The quantitative estimate of drug-likeness (QED) is 0.630. The number of furan rings is 1. The number of aliphatic hydroxyl groups is 1. The zero-order valence-electron chi connectivity index (χ0n) is 15.7. The Hall–Kier alpha value is -3.80. The molecule has 1 aromatic heterocycles. The summed E-state index contributed by atoms with van der Waals surface area (Å²) in [5.74, 6) is -1.09. The van der Waals surface area contributed by atoms with Crippen LogP contribution >= 0.6 is 0 Å². The van der Waals surface area contributed by atoms with Gasteiger partial charge in [-0.1, -0.05) is 30.3 Å². The van der Waals surface area contributed by atoms with Crippen molar-refractivity contribution >= 4 is 17.4 Å². The first-order valence-corrected chi connectivity index (χ1v) is 9.24. The smallest absolute Gasteiger partial charge is 0.294 e. The molecule has 0 bridgehead atoms. The molecule has 1 unspecified atom stereocenters. The molecule has 0 saturated heterocycles. The molecule has 0 aliphatic carbocycles. The predicted molar refractivity (Wildman–Crippen MR) is 107 cm³/mol. The zero-order valence-corrected chi connectivity index (χ0v) is 15.7. The third-order valence-electron chi connectivity index (χ3n) is 4.72. The van der Waals surface area contributed by atoms with E-state index in [1.807, 2.05) is 13.0 Å². The number of aliphatic hydroxyl groups excluding tert-OH is 1. The Labute approximate surface area is 167 Å². The number of carbonyl (C=O) groups excluding carboxylic acids is 2. The molecule has 6 heteroatoms. The standard InChI is InChI=1S/C23H19NO5/c1-2-28-17-11-6-8-15(14-17)20-19(21(25)18-12-7-13-29-18)22(26)23(27)24(20)16-9-4-3-5-10-16/h3-14,20,26H,2H2,1H3. The van der Waals surface area contributed by atoms with Gasteiger partial charge in [0.15, 0.2) is 11.5 Å². The molecule has 0 radical (unpaired) electrons. The van der Waals surface area contributed by atoms with Crippen molar-refractivity contribution in [3.63, 3.8) is 0 Å². The highest BCUT2D eigenvalue weighted by Crippen LogP contribution is 2.42. The molecule has 6 nitrogen and oxygen atoms in total. The summed E-state index contributed by atoms with van der Waals surface area (Å²) in [6.07, 6.45) is 1.38. The number of hydrogen-bond acceptors (Lipinski definition) is 5.